The zero-order valence-corrected chi connectivity index (χ0v) is 22.2. The molecule has 0 bridgehead atoms. The molecule has 0 saturated carbocycles. The number of para-hydroxylation sites is 2. The van der Waals surface area contributed by atoms with Gasteiger partial charge in [0.1, 0.15) is 35.9 Å². The smallest absolute Gasteiger partial charge is 0.459 e. The summed E-state index contributed by atoms with van der Waals surface area (Å²) >= 11 is 0. The topological polar surface area (TPSA) is 148 Å². The van der Waals surface area contributed by atoms with Gasteiger partial charge in [-0.15, -0.1) is 0 Å². The first kappa shape index (κ1) is 27.7. The molecular formula is C27H26N3O9P. The molecule has 2 aliphatic rings. The lowest BCUT2D eigenvalue weighted by Crippen LogP contribution is -2.62. The van der Waals surface area contributed by atoms with Crippen molar-refractivity contribution in [3.8, 4) is 11.5 Å². The molecule has 0 spiro atoms. The van der Waals surface area contributed by atoms with Crippen LogP contribution in [0.25, 0.3) is 10.4 Å². The van der Waals surface area contributed by atoms with Gasteiger partial charge < -0.3 is 28.0 Å². The Morgan fingerprint density at radius 3 is 2.05 bits per heavy atom. The van der Waals surface area contributed by atoms with E-state index in [4.69, 9.17) is 32.5 Å². The average molecular weight is 567 g/mol. The normalized spacial score (nSPS) is 26.0. The molecule has 3 aromatic rings. The van der Waals surface area contributed by atoms with Crippen molar-refractivity contribution < 1.29 is 41.9 Å². The SMILES string of the molecule is CC(=O)O[C@@H]1[C@@H](N=[N+]=[N-])[C@@H](OP(=O)(Oc2ccccc2)Oc2ccccc2)O[C@@H]2COC(c3ccccc3)O[C@H]12. The van der Waals surface area contributed by atoms with Crippen molar-refractivity contribution in [3.63, 3.8) is 0 Å². The van der Waals surface area contributed by atoms with E-state index in [1.807, 2.05) is 30.3 Å². The highest BCUT2D eigenvalue weighted by Gasteiger charge is 2.54. The van der Waals surface area contributed by atoms with Gasteiger partial charge in [-0.3, -0.25) is 4.79 Å². The van der Waals surface area contributed by atoms with Crippen LogP contribution >= 0.6 is 7.82 Å². The van der Waals surface area contributed by atoms with Gasteiger partial charge in [0.2, 0.25) is 0 Å². The Hall–Kier alpha value is -3.89. The monoisotopic (exact) mass is 567 g/mol. The maximum Gasteiger partial charge on any atom is 0.589 e. The number of carbonyl (C=O) groups is 1. The Bertz CT molecular complexity index is 1330. The summed E-state index contributed by atoms with van der Waals surface area (Å²) in [6.07, 6.45) is -5.24. The van der Waals surface area contributed by atoms with Crippen molar-refractivity contribution >= 4 is 13.8 Å². The number of esters is 1. The molecule has 12 nitrogen and oxygen atoms in total. The first-order chi connectivity index (χ1) is 19.4. The van der Waals surface area contributed by atoms with Gasteiger partial charge >= 0.3 is 13.8 Å². The predicted molar refractivity (Wildman–Crippen MR) is 140 cm³/mol. The lowest BCUT2D eigenvalue weighted by atomic mass is 9.96. The summed E-state index contributed by atoms with van der Waals surface area (Å²) in [4.78, 5) is 15.0. The second-order valence-corrected chi connectivity index (χ2v) is 10.3. The number of benzene rings is 3. The Kier molecular flexibility index (Phi) is 8.66. The number of phosphoric acid groups is 1. The molecule has 3 aromatic carbocycles. The minimum Gasteiger partial charge on any atom is -0.459 e. The highest BCUT2D eigenvalue weighted by molar-refractivity contribution is 7.49. The minimum absolute atomic E-state index is 0.00816. The van der Waals surface area contributed by atoms with E-state index in [-0.39, 0.29) is 18.1 Å². The van der Waals surface area contributed by atoms with Crippen LogP contribution in [0.1, 0.15) is 18.8 Å². The molecule has 0 N–H and O–H groups in total. The predicted octanol–water partition coefficient (Wildman–Crippen LogP) is 5.72. The molecule has 1 unspecified atom stereocenters. The van der Waals surface area contributed by atoms with E-state index in [1.165, 1.54) is 6.92 Å². The number of hydrogen-bond donors (Lipinski definition) is 0. The highest BCUT2D eigenvalue weighted by atomic mass is 31.2. The van der Waals surface area contributed by atoms with E-state index in [2.05, 4.69) is 10.0 Å². The zero-order chi connectivity index (χ0) is 28.0. The maximum absolute atomic E-state index is 14.0. The van der Waals surface area contributed by atoms with Gasteiger partial charge in [0, 0.05) is 17.4 Å². The van der Waals surface area contributed by atoms with E-state index < -0.39 is 50.7 Å². The molecule has 5 rings (SSSR count). The van der Waals surface area contributed by atoms with Crippen LogP contribution in [0.2, 0.25) is 0 Å². The number of carbonyl (C=O) groups excluding carboxylic acids is 1. The third-order valence-electron chi connectivity index (χ3n) is 6.02. The van der Waals surface area contributed by atoms with Gasteiger partial charge in [0.05, 0.1) is 6.61 Å². The van der Waals surface area contributed by atoms with Crippen LogP contribution in [-0.4, -0.2) is 43.2 Å². The lowest BCUT2D eigenvalue weighted by Gasteiger charge is -2.47. The lowest BCUT2D eigenvalue weighted by molar-refractivity contribution is -0.333. The summed E-state index contributed by atoms with van der Waals surface area (Å²) in [5.41, 5.74) is 10.1. The number of ether oxygens (including phenoxy) is 4. The van der Waals surface area contributed by atoms with Crippen molar-refractivity contribution in [2.45, 2.75) is 43.9 Å². The van der Waals surface area contributed by atoms with Gasteiger partial charge in [-0.1, -0.05) is 71.8 Å². The summed E-state index contributed by atoms with van der Waals surface area (Å²) in [7, 11) is -4.49. The fourth-order valence-corrected chi connectivity index (χ4v) is 5.66. The molecule has 2 fully saturated rings. The minimum atomic E-state index is -4.49. The van der Waals surface area contributed by atoms with Gasteiger partial charge in [-0.2, -0.15) is 0 Å². The summed E-state index contributed by atoms with van der Waals surface area (Å²) in [5.74, 6) is -0.261. The van der Waals surface area contributed by atoms with Gasteiger partial charge in [-0.25, -0.2) is 9.09 Å². The summed E-state index contributed by atoms with van der Waals surface area (Å²) in [6.45, 7) is 1.22. The quantitative estimate of drug-likeness (QED) is 0.104. The molecular weight excluding hydrogens is 541 g/mol. The fraction of sp³-hybridized carbons (Fsp3) is 0.296. The van der Waals surface area contributed by atoms with Gasteiger partial charge in [0.15, 0.2) is 12.6 Å². The highest BCUT2D eigenvalue weighted by Crippen LogP contribution is 2.52. The van der Waals surface area contributed by atoms with Crippen LogP contribution in [0.4, 0.5) is 0 Å². The molecule has 6 atom stereocenters. The number of fused-ring (bicyclic) bond motifs is 1. The number of rotatable bonds is 9. The van der Waals surface area contributed by atoms with Crippen LogP contribution in [0.3, 0.4) is 0 Å². The van der Waals surface area contributed by atoms with Crippen LogP contribution in [0, 0.1) is 0 Å². The zero-order valence-electron chi connectivity index (χ0n) is 21.3. The number of nitrogens with zero attached hydrogens (tertiary/aromatic N) is 3. The van der Waals surface area contributed by atoms with E-state index in [0.717, 1.165) is 5.56 Å². The van der Waals surface area contributed by atoms with Crippen LogP contribution in [0.5, 0.6) is 11.5 Å². The summed E-state index contributed by atoms with van der Waals surface area (Å²) in [6, 6.07) is 24.4. The van der Waals surface area contributed by atoms with E-state index in [1.54, 1.807) is 60.7 Å². The van der Waals surface area contributed by atoms with Crippen LogP contribution < -0.4 is 9.05 Å². The van der Waals surface area contributed by atoms with E-state index in [9.17, 15) is 14.9 Å². The molecule has 2 saturated heterocycles. The molecule has 2 aliphatic heterocycles. The third-order valence-corrected chi connectivity index (χ3v) is 7.35. The Morgan fingerprint density at radius 2 is 1.50 bits per heavy atom. The van der Waals surface area contributed by atoms with Crippen LogP contribution in [-0.2, 0) is 32.8 Å². The molecule has 40 heavy (non-hydrogen) atoms. The van der Waals surface area contributed by atoms with Crippen molar-refractivity contribution in [3.05, 3.63) is 107 Å². The second-order valence-electron chi connectivity index (χ2n) is 8.85. The Labute approximate surface area is 229 Å². The Morgan fingerprint density at radius 1 is 0.925 bits per heavy atom. The van der Waals surface area contributed by atoms with Gasteiger partial charge in [-0.05, 0) is 29.8 Å². The van der Waals surface area contributed by atoms with E-state index in [0.29, 0.717) is 0 Å². The average Bonchev–Trinajstić information content (AvgIpc) is 2.96. The van der Waals surface area contributed by atoms with Crippen molar-refractivity contribution in [2.24, 2.45) is 5.11 Å². The molecule has 2 heterocycles. The van der Waals surface area contributed by atoms with Crippen molar-refractivity contribution in [2.75, 3.05) is 6.61 Å². The van der Waals surface area contributed by atoms with Crippen molar-refractivity contribution in [1.29, 1.82) is 0 Å². The van der Waals surface area contributed by atoms with Crippen molar-refractivity contribution in [1.82, 2.24) is 0 Å². The molecule has 0 radical (unpaired) electrons. The van der Waals surface area contributed by atoms with Crippen LogP contribution in [0.15, 0.2) is 96.1 Å². The number of azide groups is 1. The maximum atomic E-state index is 14.0. The molecule has 0 amide bonds. The fourth-order valence-electron chi connectivity index (χ4n) is 4.34. The molecule has 0 aromatic heterocycles. The first-order valence-corrected chi connectivity index (χ1v) is 13.9. The molecule has 0 aliphatic carbocycles. The largest absolute Gasteiger partial charge is 0.589 e. The number of hydrogen-bond acceptors (Lipinski definition) is 10. The summed E-state index contributed by atoms with van der Waals surface area (Å²) < 4.78 is 54.9. The molecule has 13 heteroatoms. The molecule has 208 valence electrons. The third kappa shape index (κ3) is 6.63. The Balaban J connectivity index is 1.45. The standard InChI is InChI=1S/C27H26N3O9P/c1-18(31)34-25-23(29-30-28)27(35-22-17-33-26(36-24(22)25)19-11-5-2-6-12-19)39-40(32,37-20-13-7-3-8-14-20)38-21-15-9-4-10-16-21/h2-16,22-27H,17H2,1H3/t22-,23-,24+,25-,26?,27-/m1/s1. The summed E-state index contributed by atoms with van der Waals surface area (Å²) in [5, 5.41) is 3.79. The second kappa shape index (κ2) is 12.5. The number of phosphoric ester groups is 1. The van der Waals surface area contributed by atoms with E-state index >= 15 is 0 Å². The first-order valence-electron chi connectivity index (χ1n) is 12.4. The van der Waals surface area contributed by atoms with Gasteiger partial charge in [0.25, 0.3) is 0 Å².